The number of amides is 2. The van der Waals surface area contributed by atoms with E-state index in [9.17, 15) is 14.4 Å². The maximum atomic E-state index is 13.0. The normalized spacial score (nSPS) is 17.3. The molecule has 2 aromatic rings. The lowest BCUT2D eigenvalue weighted by molar-refractivity contribution is -0.128. The molecule has 0 bridgehead atoms. The van der Waals surface area contributed by atoms with Gasteiger partial charge in [-0.1, -0.05) is 30.8 Å². The number of aliphatic imine (C=N–C) groups is 1. The van der Waals surface area contributed by atoms with E-state index in [1.165, 1.54) is 18.7 Å². The first kappa shape index (κ1) is 22.7. The van der Waals surface area contributed by atoms with E-state index in [2.05, 4.69) is 5.32 Å². The van der Waals surface area contributed by atoms with E-state index >= 15 is 0 Å². The van der Waals surface area contributed by atoms with Crippen LogP contribution in [-0.4, -0.2) is 39.5 Å². The van der Waals surface area contributed by atoms with Crippen molar-refractivity contribution in [1.29, 1.82) is 0 Å². The molecule has 31 heavy (non-hydrogen) atoms. The highest BCUT2D eigenvalue weighted by Crippen LogP contribution is 2.33. The first-order chi connectivity index (χ1) is 14.8. The molecule has 1 aliphatic heterocycles. The Morgan fingerprint density at radius 3 is 2.48 bits per heavy atom. The van der Waals surface area contributed by atoms with Crippen LogP contribution < -0.4 is 5.32 Å². The van der Waals surface area contributed by atoms with Gasteiger partial charge in [0, 0.05) is 24.2 Å². The molecule has 1 atom stereocenters. The van der Waals surface area contributed by atoms with Gasteiger partial charge in [0.05, 0.1) is 5.69 Å². The van der Waals surface area contributed by atoms with Crippen LogP contribution in [0.4, 0.5) is 11.4 Å². The third-order valence-corrected chi connectivity index (χ3v) is 6.17. The molecule has 2 aromatic carbocycles. The Hall–Kier alpha value is -2.93. The zero-order valence-corrected chi connectivity index (χ0v) is 19.1. The summed E-state index contributed by atoms with van der Waals surface area (Å²) in [5.41, 5.74) is 4.17. The van der Waals surface area contributed by atoms with Crippen LogP contribution in [0.2, 0.25) is 0 Å². The summed E-state index contributed by atoms with van der Waals surface area (Å²) in [7, 11) is 0. The summed E-state index contributed by atoms with van der Waals surface area (Å²) in [6.07, 6.45) is 0.865. The molecule has 162 valence electrons. The lowest BCUT2D eigenvalue weighted by Gasteiger charge is -2.15. The van der Waals surface area contributed by atoms with Crippen molar-refractivity contribution in [3.63, 3.8) is 0 Å². The van der Waals surface area contributed by atoms with Gasteiger partial charge in [0.15, 0.2) is 11.0 Å². The summed E-state index contributed by atoms with van der Waals surface area (Å²) in [5.74, 6) is -0.360. The molecule has 0 unspecified atom stereocenters. The van der Waals surface area contributed by atoms with E-state index in [-0.39, 0.29) is 24.0 Å². The predicted molar refractivity (Wildman–Crippen MR) is 126 cm³/mol. The fourth-order valence-corrected chi connectivity index (χ4v) is 4.44. The third-order valence-electron chi connectivity index (χ3n) is 4.99. The van der Waals surface area contributed by atoms with E-state index in [4.69, 9.17) is 4.99 Å². The molecule has 0 aromatic heterocycles. The summed E-state index contributed by atoms with van der Waals surface area (Å²) < 4.78 is 0. The lowest BCUT2D eigenvalue weighted by atomic mass is 10.1. The molecule has 0 aliphatic carbocycles. The first-order valence-corrected chi connectivity index (χ1v) is 11.2. The number of carbonyl (C=O) groups is 3. The van der Waals surface area contributed by atoms with Gasteiger partial charge in [-0.15, -0.1) is 0 Å². The van der Waals surface area contributed by atoms with E-state index < -0.39 is 5.25 Å². The van der Waals surface area contributed by atoms with Gasteiger partial charge in [0.25, 0.3) is 0 Å². The molecule has 1 aliphatic rings. The van der Waals surface area contributed by atoms with Gasteiger partial charge in [-0.3, -0.25) is 19.3 Å². The highest BCUT2D eigenvalue weighted by atomic mass is 32.2. The van der Waals surface area contributed by atoms with Crippen LogP contribution in [0.15, 0.2) is 47.5 Å². The van der Waals surface area contributed by atoms with E-state index in [1.54, 1.807) is 29.2 Å². The second-order valence-corrected chi connectivity index (χ2v) is 8.84. The maximum Gasteiger partial charge on any atom is 0.242 e. The number of anilines is 1. The van der Waals surface area contributed by atoms with E-state index in [0.717, 1.165) is 23.2 Å². The minimum absolute atomic E-state index is 0.0301. The number of rotatable bonds is 7. The van der Waals surface area contributed by atoms with Crippen LogP contribution in [0.5, 0.6) is 0 Å². The number of carbonyl (C=O) groups excluding carboxylic acids is 3. The summed E-state index contributed by atoms with van der Waals surface area (Å²) >= 11 is 1.34. The van der Waals surface area contributed by atoms with Crippen LogP contribution in [0.25, 0.3) is 0 Å². The van der Waals surface area contributed by atoms with Crippen LogP contribution in [0.3, 0.4) is 0 Å². The van der Waals surface area contributed by atoms with Crippen molar-refractivity contribution < 1.29 is 14.4 Å². The second-order valence-electron chi connectivity index (χ2n) is 7.67. The van der Waals surface area contributed by atoms with Crippen molar-refractivity contribution in [2.24, 2.45) is 4.99 Å². The van der Waals surface area contributed by atoms with Crippen molar-refractivity contribution in [3.8, 4) is 0 Å². The highest BCUT2D eigenvalue weighted by Gasteiger charge is 2.38. The molecule has 1 heterocycles. The maximum absolute atomic E-state index is 13.0. The average molecular weight is 438 g/mol. The number of thioether (sulfide) groups is 1. The molecule has 0 spiro atoms. The summed E-state index contributed by atoms with van der Waals surface area (Å²) in [4.78, 5) is 43.4. The van der Waals surface area contributed by atoms with Crippen molar-refractivity contribution in [2.45, 2.75) is 45.8 Å². The van der Waals surface area contributed by atoms with Gasteiger partial charge in [0.2, 0.25) is 11.8 Å². The quantitative estimate of drug-likeness (QED) is 0.627. The van der Waals surface area contributed by atoms with Crippen molar-refractivity contribution >= 4 is 45.9 Å². The largest absolute Gasteiger partial charge is 0.326 e. The van der Waals surface area contributed by atoms with Gasteiger partial charge in [-0.25, -0.2) is 4.99 Å². The molecular weight excluding hydrogens is 410 g/mol. The number of hydrogen-bond acceptors (Lipinski definition) is 5. The Bertz CT molecular complexity index is 1030. The summed E-state index contributed by atoms with van der Waals surface area (Å²) in [5, 5.41) is 2.94. The number of aryl methyl sites for hydroxylation is 2. The monoisotopic (exact) mass is 437 g/mol. The Morgan fingerprint density at radius 2 is 1.84 bits per heavy atom. The molecule has 7 heteroatoms. The van der Waals surface area contributed by atoms with Gasteiger partial charge in [-0.2, -0.15) is 0 Å². The Morgan fingerprint density at radius 1 is 1.13 bits per heavy atom. The number of benzene rings is 2. The SMILES string of the molecule is CCCN1C(=O)[C@@H](CC(=O)Nc2ccc(C(C)=O)cc2)SC1=Nc1cc(C)ccc1C. The fourth-order valence-electron chi connectivity index (χ4n) is 3.27. The Labute approximate surface area is 187 Å². The first-order valence-electron chi connectivity index (χ1n) is 10.3. The number of nitrogens with zero attached hydrogens (tertiary/aromatic N) is 2. The molecule has 0 saturated carbocycles. The molecule has 2 amide bonds. The molecule has 0 radical (unpaired) electrons. The zero-order chi connectivity index (χ0) is 22.5. The van der Waals surface area contributed by atoms with Gasteiger partial charge in [0.1, 0.15) is 5.25 Å². The standard InChI is InChI=1S/C24H27N3O3S/c1-5-12-27-23(30)21(31-24(27)26-20-13-15(2)6-7-16(20)3)14-22(29)25-19-10-8-18(9-11-19)17(4)28/h6-11,13,21H,5,12,14H2,1-4H3,(H,25,29)/t21-/m1/s1. The topological polar surface area (TPSA) is 78.8 Å². The molecule has 1 N–H and O–H groups in total. The van der Waals surface area contributed by atoms with Crippen molar-refractivity contribution in [1.82, 2.24) is 4.90 Å². The number of nitrogens with one attached hydrogen (secondary N) is 1. The van der Waals surface area contributed by atoms with Crippen LogP contribution in [0.1, 0.15) is 48.2 Å². The van der Waals surface area contributed by atoms with Gasteiger partial charge >= 0.3 is 0 Å². The van der Waals surface area contributed by atoms with Crippen molar-refractivity contribution in [2.75, 3.05) is 11.9 Å². The smallest absolute Gasteiger partial charge is 0.242 e. The molecule has 3 rings (SSSR count). The van der Waals surface area contributed by atoms with Crippen LogP contribution in [0, 0.1) is 13.8 Å². The lowest BCUT2D eigenvalue weighted by Crippen LogP contribution is -2.34. The molecule has 6 nitrogen and oxygen atoms in total. The molecule has 1 fully saturated rings. The van der Waals surface area contributed by atoms with Crippen molar-refractivity contribution in [3.05, 3.63) is 59.2 Å². The second kappa shape index (κ2) is 9.92. The van der Waals surface area contributed by atoms with Gasteiger partial charge in [-0.05, 0) is 68.7 Å². The average Bonchev–Trinajstić information content (AvgIpc) is 3.00. The molecular formula is C24H27N3O3S. The number of amidine groups is 1. The summed E-state index contributed by atoms with van der Waals surface area (Å²) in [6.45, 7) is 8.08. The minimum atomic E-state index is -0.507. The number of ketones is 1. The third kappa shape index (κ3) is 5.61. The predicted octanol–water partition coefficient (Wildman–Crippen LogP) is 4.88. The van der Waals surface area contributed by atoms with E-state index in [1.807, 2.05) is 39.0 Å². The zero-order valence-electron chi connectivity index (χ0n) is 18.3. The highest BCUT2D eigenvalue weighted by molar-refractivity contribution is 8.15. The minimum Gasteiger partial charge on any atom is -0.326 e. The van der Waals surface area contributed by atoms with Crippen LogP contribution in [-0.2, 0) is 9.59 Å². The van der Waals surface area contributed by atoms with Gasteiger partial charge < -0.3 is 5.32 Å². The summed E-state index contributed by atoms with van der Waals surface area (Å²) in [6, 6.07) is 12.8. The Kier molecular flexibility index (Phi) is 7.28. The van der Waals surface area contributed by atoms with Crippen LogP contribution >= 0.6 is 11.8 Å². The number of Topliss-reactive ketones (excluding diaryl/α,β-unsaturated/α-hetero) is 1. The van der Waals surface area contributed by atoms with E-state index in [0.29, 0.717) is 23.0 Å². The fraction of sp³-hybridized carbons (Fsp3) is 0.333. The number of hydrogen-bond donors (Lipinski definition) is 1. The molecule has 1 saturated heterocycles. The Balaban J connectivity index is 1.73.